The molecule has 0 bridgehead atoms. The fourth-order valence-corrected chi connectivity index (χ4v) is 3.99. The van der Waals surface area contributed by atoms with E-state index in [1.165, 1.54) is 6.07 Å². The van der Waals surface area contributed by atoms with Crippen LogP contribution in [0.25, 0.3) is 10.8 Å². The van der Waals surface area contributed by atoms with Crippen LogP contribution in [0.5, 0.6) is 11.5 Å². The van der Waals surface area contributed by atoms with Gasteiger partial charge in [-0.3, -0.25) is 9.59 Å². The Morgan fingerprint density at radius 1 is 0.976 bits per heavy atom. The molecule has 11 nitrogen and oxygen atoms in total. The zero-order valence-electron chi connectivity index (χ0n) is 25.1. The minimum Gasteiger partial charge on any atom is -0.504 e. The number of nitrogens with one attached hydrogen (secondary N) is 1. The third-order valence-electron chi connectivity index (χ3n) is 6.09. The lowest BCUT2D eigenvalue weighted by Gasteiger charge is -2.22. The molecule has 2 aromatic carbocycles. The van der Waals surface area contributed by atoms with Gasteiger partial charge in [-0.1, -0.05) is 6.07 Å². The summed E-state index contributed by atoms with van der Waals surface area (Å²) in [5, 5.41) is 24.0. The van der Waals surface area contributed by atoms with Crippen molar-refractivity contribution in [1.82, 2.24) is 15.1 Å². The molecule has 0 saturated carbocycles. The van der Waals surface area contributed by atoms with Crippen LogP contribution in [0.3, 0.4) is 0 Å². The van der Waals surface area contributed by atoms with Crippen LogP contribution >= 0.6 is 0 Å². The number of aromatic hydroxyl groups is 2. The fourth-order valence-electron chi connectivity index (χ4n) is 3.99. The number of carbonyl (C=O) groups excluding carboxylic acids is 5. The number of hydrogen-bond acceptors (Lipinski definition) is 8. The van der Waals surface area contributed by atoms with Gasteiger partial charge < -0.3 is 39.7 Å². The summed E-state index contributed by atoms with van der Waals surface area (Å²) >= 11 is 0. The molecular formula is C30H45N3O8. The highest BCUT2D eigenvalue weighted by Crippen LogP contribution is 2.35. The van der Waals surface area contributed by atoms with Crippen molar-refractivity contribution in [1.29, 1.82) is 0 Å². The number of ether oxygens (including phenoxy) is 1. The highest BCUT2D eigenvalue weighted by Gasteiger charge is 2.18. The number of benzene rings is 2. The first-order valence-corrected chi connectivity index (χ1v) is 13.4. The number of nitrogens with zero attached hydrogens (tertiary/aromatic N) is 2. The molecule has 0 fully saturated rings. The zero-order chi connectivity index (χ0) is 31.8. The van der Waals surface area contributed by atoms with Crippen molar-refractivity contribution in [2.45, 2.75) is 65.9 Å². The van der Waals surface area contributed by atoms with Crippen molar-refractivity contribution in [2.75, 3.05) is 33.2 Å². The Morgan fingerprint density at radius 3 is 2.17 bits per heavy atom. The van der Waals surface area contributed by atoms with Crippen molar-refractivity contribution < 1.29 is 38.9 Å². The van der Waals surface area contributed by atoms with Crippen LogP contribution in [0, 0.1) is 6.92 Å². The van der Waals surface area contributed by atoms with Gasteiger partial charge in [-0.25, -0.2) is 4.79 Å². The van der Waals surface area contributed by atoms with Crippen LogP contribution in [0.1, 0.15) is 69.3 Å². The molecule has 2 aromatic rings. The number of carbonyl (C=O) groups is 5. The van der Waals surface area contributed by atoms with Crippen molar-refractivity contribution in [3.63, 3.8) is 0 Å². The molecule has 0 radical (unpaired) electrons. The van der Waals surface area contributed by atoms with Crippen LogP contribution in [-0.2, 0) is 19.1 Å². The molecule has 3 N–H and O–H groups in total. The van der Waals surface area contributed by atoms with E-state index in [9.17, 15) is 24.6 Å². The number of alkyl carbamates (subject to hydrolysis) is 1. The third-order valence-corrected chi connectivity index (χ3v) is 6.09. The first-order valence-electron chi connectivity index (χ1n) is 13.4. The summed E-state index contributed by atoms with van der Waals surface area (Å²) in [5.74, 6) is -0.450. The summed E-state index contributed by atoms with van der Waals surface area (Å²) in [6.07, 6.45) is 1.88. The maximum atomic E-state index is 13.1. The quantitative estimate of drug-likeness (QED) is 0.266. The van der Waals surface area contributed by atoms with Crippen LogP contribution < -0.4 is 5.32 Å². The standard InChI is InChI=1S/C28H41N3O6.2CH2O/c1-7-31(26(35)20-12-13-22-19(2)25(34)23(32)18-21(22)17-20)16-9-8-15-30(6)24(33)11-10-14-29-27(36)37-28(3,4)5;2*1-2/h12-13,17-18,32,34H,7-11,14-16H2,1-6H3,(H,29,36);2*1H2. The first-order chi connectivity index (χ1) is 19.3. The summed E-state index contributed by atoms with van der Waals surface area (Å²) in [6.45, 7) is 15.1. The summed E-state index contributed by atoms with van der Waals surface area (Å²) in [5.41, 5.74) is 0.534. The number of unbranched alkanes of at least 4 members (excludes halogenated alkanes) is 1. The van der Waals surface area contributed by atoms with Gasteiger partial charge in [-0.2, -0.15) is 0 Å². The van der Waals surface area contributed by atoms with E-state index in [-0.39, 0.29) is 23.3 Å². The summed E-state index contributed by atoms with van der Waals surface area (Å²) in [6, 6.07) is 6.72. The predicted molar refractivity (Wildman–Crippen MR) is 158 cm³/mol. The van der Waals surface area contributed by atoms with Crippen molar-refractivity contribution >= 4 is 42.3 Å². The Labute approximate surface area is 242 Å². The molecular weight excluding hydrogens is 530 g/mol. The number of amides is 3. The van der Waals surface area contributed by atoms with E-state index >= 15 is 0 Å². The number of phenols is 2. The molecule has 2 rings (SSSR count). The predicted octanol–water partition coefficient (Wildman–Crippen LogP) is 4.20. The SMILES string of the molecule is C=O.C=O.CCN(CCCCN(C)C(=O)CCCNC(=O)OC(C)(C)C)C(=O)c1ccc2c(C)c(O)c(O)cc2c1. The number of fused-ring (bicyclic) bond motifs is 1. The van der Waals surface area contributed by atoms with Crippen molar-refractivity contribution in [3.8, 4) is 11.5 Å². The Balaban J connectivity index is 0.00000382. The van der Waals surface area contributed by atoms with E-state index in [1.54, 1.807) is 62.7 Å². The maximum Gasteiger partial charge on any atom is 0.407 e. The van der Waals surface area contributed by atoms with Crippen molar-refractivity contribution in [2.24, 2.45) is 0 Å². The largest absolute Gasteiger partial charge is 0.504 e. The van der Waals surface area contributed by atoms with Gasteiger partial charge in [0.15, 0.2) is 11.5 Å². The molecule has 0 saturated heterocycles. The Kier molecular flexibility index (Phi) is 16.4. The molecule has 0 aliphatic rings. The minimum absolute atomic E-state index is 0.00941. The van der Waals surface area contributed by atoms with E-state index in [4.69, 9.17) is 14.3 Å². The fraction of sp³-hybridized carbons (Fsp3) is 0.500. The molecule has 0 spiro atoms. The molecule has 0 aromatic heterocycles. The molecule has 0 unspecified atom stereocenters. The van der Waals surface area contributed by atoms with Crippen LogP contribution in [0.15, 0.2) is 24.3 Å². The second-order valence-corrected chi connectivity index (χ2v) is 10.2. The van der Waals surface area contributed by atoms with Crippen LogP contribution in [-0.4, -0.2) is 90.3 Å². The van der Waals surface area contributed by atoms with E-state index in [1.807, 2.05) is 20.5 Å². The van der Waals surface area contributed by atoms with Gasteiger partial charge in [-0.15, -0.1) is 0 Å². The van der Waals surface area contributed by atoms with Gasteiger partial charge in [0.05, 0.1) is 0 Å². The normalized spacial score (nSPS) is 10.4. The Hall–Kier alpha value is -4.15. The van der Waals surface area contributed by atoms with E-state index in [2.05, 4.69) is 5.32 Å². The second-order valence-electron chi connectivity index (χ2n) is 10.2. The van der Waals surface area contributed by atoms with E-state index < -0.39 is 11.7 Å². The smallest absolute Gasteiger partial charge is 0.407 e. The van der Waals surface area contributed by atoms with Gasteiger partial charge in [0.25, 0.3) is 5.91 Å². The summed E-state index contributed by atoms with van der Waals surface area (Å²) in [4.78, 5) is 56.5. The first kappa shape index (κ1) is 36.8. The number of phenolic OH excluding ortho intramolecular Hbond substituents is 2. The van der Waals surface area contributed by atoms with Crippen LogP contribution in [0.4, 0.5) is 4.79 Å². The van der Waals surface area contributed by atoms with Gasteiger partial charge >= 0.3 is 6.09 Å². The molecule has 0 aliphatic carbocycles. The summed E-state index contributed by atoms with van der Waals surface area (Å²) < 4.78 is 5.17. The average Bonchev–Trinajstić information content (AvgIpc) is 2.94. The van der Waals surface area contributed by atoms with Gasteiger partial charge in [0, 0.05) is 50.8 Å². The topological polar surface area (TPSA) is 154 Å². The lowest BCUT2D eigenvalue weighted by atomic mass is 10.0. The Morgan fingerprint density at radius 2 is 1.59 bits per heavy atom. The monoisotopic (exact) mass is 575 g/mol. The van der Waals surface area contributed by atoms with Gasteiger partial charge in [-0.05, 0) is 82.9 Å². The number of aryl methyl sites for hydroxylation is 1. The molecule has 0 atom stereocenters. The lowest BCUT2D eigenvalue weighted by molar-refractivity contribution is -0.130. The summed E-state index contributed by atoms with van der Waals surface area (Å²) in [7, 11) is 1.76. The van der Waals surface area contributed by atoms with E-state index in [0.29, 0.717) is 55.5 Å². The van der Waals surface area contributed by atoms with E-state index in [0.717, 1.165) is 18.2 Å². The highest BCUT2D eigenvalue weighted by molar-refractivity contribution is 6.00. The molecule has 11 heteroatoms. The second kappa shape index (κ2) is 18.2. The highest BCUT2D eigenvalue weighted by atomic mass is 16.6. The number of rotatable bonds is 11. The molecule has 0 heterocycles. The lowest BCUT2D eigenvalue weighted by Crippen LogP contribution is -2.34. The average molecular weight is 576 g/mol. The van der Waals surface area contributed by atoms with Gasteiger partial charge in [0.2, 0.25) is 5.91 Å². The third kappa shape index (κ3) is 12.3. The minimum atomic E-state index is -0.554. The van der Waals surface area contributed by atoms with Crippen molar-refractivity contribution in [3.05, 3.63) is 35.4 Å². The molecule has 3 amide bonds. The molecule has 0 aliphatic heterocycles. The Bertz CT molecular complexity index is 1140. The zero-order valence-corrected chi connectivity index (χ0v) is 25.1. The molecule has 41 heavy (non-hydrogen) atoms. The van der Waals surface area contributed by atoms with Crippen LogP contribution in [0.2, 0.25) is 0 Å². The number of hydrogen-bond donors (Lipinski definition) is 3. The van der Waals surface area contributed by atoms with Gasteiger partial charge in [0.1, 0.15) is 19.2 Å². The molecule has 228 valence electrons. The maximum absolute atomic E-state index is 13.1.